The van der Waals surface area contributed by atoms with Gasteiger partial charge in [0.2, 0.25) is 5.91 Å². The second-order valence-corrected chi connectivity index (χ2v) is 6.34. The zero-order valence-corrected chi connectivity index (χ0v) is 14.8. The van der Waals surface area contributed by atoms with E-state index in [2.05, 4.69) is 15.3 Å². The predicted octanol–water partition coefficient (Wildman–Crippen LogP) is 3.40. The van der Waals surface area contributed by atoms with Crippen molar-refractivity contribution in [3.63, 3.8) is 0 Å². The van der Waals surface area contributed by atoms with Crippen LogP contribution in [0.15, 0.2) is 47.3 Å². The minimum absolute atomic E-state index is 0.198. The number of rotatable bonds is 6. The molecular weight excluding hydrogens is 352 g/mol. The molecule has 3 rings (SSSR count). The van der Waals surface area contributed by atoms with E-state index in [-0.39, 0.29) is 23.5 Å². The van der Waals surface area contributed by atoms with Gasteiger partial charge in [-0.1, -0.05) is 18.2 Å². The van der Waals surface area contributed by atoms with Crippen molar-refractivity contribution in [1.29, 1.82) is 0 Å². The summed E-state index contributed by atoms with van der Waals surface area (Å²) in [5, 5.41) is 3.21. The van der Waals surface area contributed by atoms with Gasteiger partial charge in [-0.05, 0) is 31.5 Å². The third kappa shape index (κ3) is 4.55. The molecule has 3 aromatic rings. The van der Waals surface area contributed by atoms with Crippen LogP contribution in [0, 0.1) is 11.6 Å². The first-order valence-corrected chi connectivity index (χ1v) is 8.66. The van der Waals surface area contributed by atoms with Crippen LogP contribution < -0.4 is 10.9 Å². The summed E-state index contributed by atoms with van der Waals surface area (Å²) in [5.41, 5.74) is 0.631. The molecule has 1 aromatic heterocycles. The Labute approximate surface area is 154 Å². The Hall–Kier alpha value is -3.09. The molecule has 1 atom stereocenters. The predicted molar refractivity (Wildman–Crippen MR) is 98.2 cm³/mol. The van der Waals surface area contributed by atoms with Crippen molar-refractivity contribution in [1.82, 2.24) is 15.3 Å². The topological polar surface area (TPSA) is 74.8 Å². The van der Waals surface area contributed by atoms with Crippen molar-refractivity contribution in [2.75, 3.05) is 0 Å². The maximum Gasteiger partial charge on any atom is 0.258 e. The molecule has 1 heterocycles. The van der Waals surface area contributed by atoms with Crippen LogP contribution in [-0.2, 0) is 11.2 Å². The fraction of sp³-hybridized carbons (Fsp3) is 0.250. The fourth-order valence-corrected chi connectivity index (χ4v) is 2.91. The van der Waals surface area contributed by atoms with Crippen molar-refractivity contribution in [2.45, 2.75) is 32.2 Å². The summed E-state index contributed by atoms with van der Waals surface area (Å²) in [4.78, 5) is 31.2. The molecule has 0 aliphatic heterocycles. The van der Waals surface area contributed by atoms with Gasteiger partial charge in [-0.25, -0.2) is 13.8 Å². The van der Waals surface area contributed by atoms with Crippen LogP contribution in [0.5, 0.6) is 0 Å². The lowest BCUT2D eigenvalue weighted by Gasteiger charge is -2.15. The fourth-order valence-electron chi connectivity index (χ4n) is 2.91. The van der Waals surface area contributed by atoms with Crippen molar-refractivity contribution in [3.05, 3.63) is 75.8 Å². The summed E-state index contributed by atoms with van der Waals surface area (Å²) >= 11 is 0. The highest BCUT2D eigenvalue weighted by Crippen LogP contribution is 2.18. The van der Waals surface area contributed by atoms with Crippen LogP contribution in [0.2, 0.25) is 0 Å². The average molecular weight is 371 g/mol. The van der Waals surface area contributed by atoms with E-state index in [1.165, 1.54) is 6.07 Å². The Morgan fingerprint density at radius 2 is 2.00 bits per heavy atom. The van der Waals surface area contributed by atoms with Crippen LogP contribution >= 0.6 is 0 Å². The molecule has 0 aliphatic carbocycles. The van der Waals surface area contributed by atoms with E-state index >= 15 is 0 Å². The number of hydrogen-bond donors (Lipinski definition) is 2. The number of carbonyl (C=O) groups excluding carboxylic acids is 1. The number of benzene rings is 2. The van der Waals surface area contributed by atoms with Gasteiger partial charge in [0, 0.05) is 24.5 Å². The van der Waals surface area contributed by atoms with Gasteiger partial charge in [0.05, 0.1) is 16.9 Å². The van der Waals surface area contributed by atoms with Crippen LogP contribution in [0.25, 0.3) is 10.9 Å². The minimum atomic E-state index is -0.694. The van der Waals surface area contributed by atoms with Crippen LogP contribution in [0.1, 0.15) is 37.2 Å². The first-order valence-electron chi connectivity index (χ1n) is 8.66. The highest BCUT2D eigenvalue weighted by molar-refractivity contribution is 5.77. The normalized spacial score (nSPS) is 12.1. The van der Waals surface area contributed by atoms with E-state index in [4.69, 9.17) is 0 Å². The summed E-state index contributed by atoms with van der Waals surface area (Å²) in [5.74, 6) is -1.09. The number of carbonyl (C=O) groups is 1. The number of nitrogens with one attached hydrogen (secondary N) is 2. The van der Waals surface area contributed by atoms with Gasteiger partial charge in [-0.2, -0.15) is 0 Å². The maximum atomic E-state index is 13.8. The number of H-pyrrole nitrogens is 1. The lowest BCUT2D eigenvalue weighted by molar-refractivity contribution is -0.121. The Kier molecular flexibility index (Phi) is 5.59. The Morgan fingerprint density at radius 1 is 1.22 bits per heavy atom. The summed E-state index contributed by atoms with van der Waals surface area (Å²) in [6.45, 7) is 1.64. The van der Waals surface area contributed by atoms with Crippen LogP contribution in [0.3, 0.4) is 0 Å². The third-order valence-electron chi connectivity index (χ3n) is 4.29. The van der Waals surface area contributed by atoms with E-state index in [1.54, 1.807) is 25.1 Å². The molecule has 0 saturated carbocycles. The molecule has 0 fully saturated rings. The van der Waals surface area contributed by atoms with E-state index in [9.17, 15) is 18.4 Å². The number of aromatic nitrogens is 2. The number of nitrogens with zero attached hydrogens (tertiary/aromatic N) is 1. The quantitative estimate of drug-likeness (QED) is 0.697. The summed E-state index contributed by atoms with van der Waals surface area (Å²) in [7, 11) is 0. The van der Waals surface area contributed by atoms with Gasteiger partial charge < -0.3 is 10.3 Å². The first kappa shape index (κ1) is 18.7. The van der Waals surface area contributed by atoms with E-state index in [1.807, 2.05) is 6.07 Å². The molecule has 7 heteroatoms. The number of fused-ring (bicyclic) bond motifs is 1. The summed E-state index contributed by atoms with van der Waals surface area (Å²) < 4.78 is 26.7. The minimum Gasteiger partial charge on any atom is -0.349 e. The zero-order chi connectivity index (χ0) is 19.4. The highest BCUT2D eigenvalue weighted by atomic mass is 19.1. The molecule has 0 aliphatic rings. The monoisotopic (exact) mass is 371 g/mol. The van der Waals surface area contributed by atoms with Gasteiger partial charge in [-0.3, -0.25) is 9.59 Å². The molecule has 2 aromatic carbocycles. The molecule has 1 amide bonds. The molecule has 0 radical (unpaired) electrons. The maximum absolute atomic E-state index is 13.8. The van der Waals surface area contributed by atoms with Gasteiger partial charge in [0.1, 0.15) is 17.5 Å². The molecular formula is C20H19F2N3O2. The van der Waals surface area contributed by atoms with Crippen LogP contribution in [-0.4, -0.2) is 15.9 Å². The first-order chi connectivity index (χ1) is 12.9. The Morgan fingerprint density at radius 3 is 2.78 bits per heavy atom. The summed E-state index contributed by atoms with van der Waals surface area (Å²) in [6.07, 6.45) is 1.11. The number of hydrogen-bond acceptors (Lipinski definition) is 3. The zero-order valence-electron chi connectivity index (χ0n) is 14.8. The SMILES string of the molecule is C[C@@H](NC(=O)CCCc1nc2ccccc2c(=O)[nH]1)c1ccc(F)cc1F. The standard InChI is InChI=1S/C20H19F2N3O2/c1-12(14-10-9-13(21)11-16(14)22)23-19(26)8-4-7-18-24-17-6-3-2-5-15(17)20(27)25-18/h2-3,5-6,9-12H,4,7-8H2,1H3,(H,23,26)(H,24,25,27)/t12-/m1/s1. The lowest BCUT2D eigenvalue weighted by atomic mass is 10.1. The molecule has 27 heavy (non-hydrogen) atoms. The lowest BCUT2D eigenvalue weighted by Crippen LogP contribution is -2.27. The van der Waals surface area contributed by atoms with Crippen molar-refractivity contribution in [3.8, 4) is 0 Å². The molecule has 0 saturated heterocycles. The molecule has 0 spiro atoms. The average Bonchev–Trinajstić information content (AvgIpc) is 2.61. The number of amides is 1. The van der Waals surface area contributed by atoms with Gasteiger partial charge in [0.25, 0.3) is 5.56 Å². The number of para-hydroxylation sites is 1. The van der Waals surface area contributed by atoms with E-state index in [0.717, 1.165) is 12.1 Å². The molecule has 2 N–H and O–H groups in total. The van der Waals surface area contributed by atoms with Crippen molar-refractivity contribution >= 4 is 16.8 Å². The Balaban J connectivity index is 1.56. The van der Waals surface area contributed by atoms with Gasteiger partial charge in [0.15, 0.2) is 0 Å². The van der Waals surface area contributed by atoms with Crippen molar-refractivity contribution < 1.29 is 13.6 Å². The van der Waals surface area contributed by atoms with Crippen molar-refractivity contribution in [2.24, 2.45) is 0 Å². The third-order valence-corrected chi connectivity index (χ3v) is 4.29. The molecule has 140 valence electrons. The molecule has 0 unspecified atom stereocenters. The number of aromatic amines is 1. The molecule has 0 bridgehead atoms. The van der Waals surface area contributed by atoms with Gasteiger partial charge in [-0.15, -0.1) is 0 Å². The Bertz CT molecular complexity index is 1030. The van der Waals surface area contributed by atoms with Crippen LogP contribution in [0.4, 0.5) is 8.78 Å². The smallest absolute Gasteiger partial charge is 0.258 e. The number of halogens is 2. The second-order valence-electron chi connectivity index (χ2n) is 6.34. The summed E-state index contributed by atoms with van der Waals surface area (Å²) in [6, 6.07) is 9.74. The highest BCUT2D eigenvalue weighted by Gasteiger charge is 2.14. The second kappa shape index (κ2) is 8.07. The molecule has 5 nitrogen and oxygen atoms in total. The van der Waals surface area contributed by atoms with E-state index in [0.29, 0.717) is 29.6 Å². The van der Waals surface area contributed by atoms with E-state index < -0.39 is 17.7 Å². The largest absolute Gasteiger partial charge is 0.349 e. The van der Waals surface area contributed by atoms with Gasteiger partial charge >= 0.3 is 0 Å². The number of aryl methyl sites for hydroxylation is 1.